The second-order valence-electron chi connectivity index (χ2n) is 5.33. The molecular weight excluding hydrogens is 298 g/mol. The summed E-state index contributed by atoms with van der Waals surface area (Å²) in [5, 5.41) is 2.02. The zero-order valence-corrected chi connectivity index (χ0v) is 13.6. The van der Waals surface area contributed by atoms with Crippen LogP contribution < -0.4 is 16.1 Å². The predicted molar refractivity (Wildman–Crippen MR) is 90.5 cm³/mol. The molecule has 0 atom stereocenters. The van der Waals surface area contributed by atoms with Gasteiger partial charge in [-0.25, -0.2) is 4.79 Å². The predicted octanol–water partition coefficient (Wildman–Crippen LogP) is 1.67. The molecule has 0 N–H and O–H groups in total. The standard InChI is InChI=1S/C16H17N3O2S/c1-17-9-11(10-22-12-7-5-4-6-8-12)13-14(17)15(20)19(3)16(21)18(13)2/h4-8,10H,9H2,1-3H3/b11-10+. The molecule has 0 amide bonds. The van der Waals surface area contributed by atoms with Crippen molar-refractivity contribution < 1.29 is 0 Å². The molecule has 1 aliphatic rings. The van der Waals surface area contributed by atoms with Crippen LogP contribution in [0.2, 0.25) is 0 Å². The van der Waals surface area contributed by atoms with E-state index in [0.29, 0.717) is 12.2 Å². The van der Waals surface area contributed by atoms with E-state index >= 15 is 0 Å². The molecule has 114 valence electrons. The Bertz CT molecular complexity index is 865. The summed E-state index contributed by atoms with van der Waals surface area (Å²) in [5.41, 5.74) is 1.76. The number of thioether (sulfide) groups is 1. The summed E-state index contributed by atoms with van der Waals surface area (Å²) < 4.78 is 2.71. The van der Waals surface area contributed by atoms with Crippen molar-refractivity contribution in [2.45, 2.75) is 4.90 Å². The molecule has 0 fully saturated rings. The highest BCUT2D eigenvalue weighted by atomic mass is 32.2. The highest BCUT2D eigenvalue weighted by molar-refractivity contribution is 8.02. The van der Waals surface area contributed by atoms with Crippen molar-refractivity contribution in [3.63, 3.8) is 0 Å². The third-order valence-electron chi connectivity index (χ3n) is 3.81. The highest BCUT2D eigenvalue weighted by Gasteiger charge is 2.28. The van der Waals surface area contributed by atoms with Gasteiger partial charge in [0.25, 0.3) is 5.56 Å². The maximum atomic E-state index is 12.3. The second kappa shape index (κ2) is 5.53. The Balaban J connectivity index is 2.10. The average Bonchev–Trinajstić information content (AvgIpc) is 2.86. The smallest absolute Gasteiger partial charge is 0.331 e. The van der Waals surface area contributed by atoms with Crippen molar-refractivity contribution in [3.8, 4) is 0 Å². The Kier molecular flexibility index (Phi) is 3.70. The van der Waals surface area contributed by atoms with Crippen molar-refractivity contribution in [2.24, 2.45) is 14.1 Å². The second-order valence-corrected chi connectivity index (χ2v) is 6.28. The molecule has 6 heteroatoms. The normalized spacial score (nSPS) is 15.4. The molecule has 1 aliphatic heterocycles. The van der Waals surface area contributed by atoms with Crippen molar-refractivity contribution in [3.05, 3.63) is 62.3 Å². The van der Waals surface area contributed by atoms with E-state index in [2.05, 4.69) is 0 Å². The van der Waals surface area contributed by atoms with E-state index in [4.69, 9.17) is 0 Å². The Morgan fingerprint density at radius 3 is 2.41 bits per heavy atom. The summed E-state index contributed by atoms with van der Waals surface area (Å²) in [5.74, 6) is 0. The van der Waals surface area contributed by atoms with Crippen LogP contribution in [0, 0.1) is 0 Å². The lowest BCUT2D eigenvalue weighted by atomic mass is 10.2. The number of aromatic nitrogens is 2. The summed E-state index contributed by atoms with van der Waals surface area (Å²) >= 11 is 1.60. The van der Waals surface area contributed by atoms with Crippen LogP contribution in [0.1, 0.15) is 5.69 Å². The van der Waals surface area contributed by atoms with E-state index in [1.54, 1.807) is 23.4 Å². The number of likely N-dealkylation sites (N-methyl/N-ethyl adjacent to an activating group) is 1. The molecule has 0 unspecified atom stereocenters. The first-order chi connectivity index (χ1) is 10.5. The van der Waals surface area contributed by atoms with Gasteiger partial charge in [0.2, 0.25) is 0 Å². The van der Waals surface area contributed by atoms with Gasteiger partial charge < -0.3 is 4.90 Å². The fourth-order valence-electron chi connectivity index (χ4n) is 2.68. The minimum absolute atomic E-state index is 0.242. The molecular formula is C16H17N3O2S. The fraction of sp³-hybridized carbons (Fsp3) is 0.250. The summed E-state index contributed by atoms with van der Waals surface area (Å²) in [4.78, 5) is 27.5. The van der Waals surface area contributed by atoms with E-state index in [0.717, 1.165) is 20.7 Å². The van der Waals surface area contributed by atoms with Crippen LogP contribution in [0.25, 0.3) is 5.57 Å². The Morgan fingerprint density at radius 1 is 1.05 bits per heavy atom. The van der Waals surface area contributed by atoms with Gasteiger partial charge in [-0.3, -0.25) is 13.9 Å². The zero-order valence-electron chi connectivity index (χ0n) is 12.7. The number of anilines is 1. The van der Waals surface area contributed by atoms with Crippen molar-refractivity contribution in [2.75, 3.05) is 18.5 Å². The van der Waals surface area contributed by atoms with E-state index in [-0.39, 0.29) is 11.2 Å². The SMILES string of the molecule is CN1C/C(=C\Sc2ccccc2)c2c1c(=O)n(C)c(=O)n2C. The van der Waals surface area contributed by atoms with Gasteiger partial charge >= 0.3 is 5.69 Å². The molecule has 0 bridgehead atoms. The topological polar surface area (TPSA) is 47.2 Å². The Hall–Kier alpha value is -2.21. The first kappa shape index (κ1) is 14.7. The van der Waals surface area contributed by atoms with Crippen molar-refractivity contribution in [1.29, 1.82) is 0 Å². The molecule has 3 rings (SSSR count). The lowest BCUT2D eigenvalue weighted by Gasteiger charge is -2.12. The van der Waals surface area contributed by atoms with Crippen LogP contribution in [0.3, 0.4) is 0 Å². The molecule has 22 heavy (non-hydrogen) atoms. The Labute approximate surface area is 132 Å². The lowest BCUT2D eigenvalue weighted by molar-refractivity contribution is 0.682. The number of rotatable bonds is 2. The number of nitrogens with zero attached hydrogens (tertiary/aromatic N) is 3. The number of hydrogen-bond acceptors (Lipinski definition) is 4. The maximum absolute atomic E-state index is 12.3. The monoisotopic (exact) mass is 315 g/mol. The molecule has 0 saturated heterocycles. The van der Waals surface area contributed by atoms with Crippen LogP contribution in [0.4, 0.5) is 5.69 Å². The van der Waals surface area contributed by atoms with Gasteiger partial charge in [-0.05, 0) is 17.5 Å². The van der Waals surface area contributed by atoms with Gasteiger partial charge in [0, 0.05) is 38.2 Å². The van der Waals surface area contributed by atoms with Crippen LogP contribution in [-0.2, 0) is 14.1 Å². The minimum atomic E-state index is -0.297. The van der Waals surface area contributed by atoms with E-state index in [1.807, 2.05) is 47.7 Å². The largest absolute Gasteiger partial charge is 0.364 e. The van der Waals surface area contributed by atoms with Gasteiger partial charge in [-0.1, -0.05) is 30.0 Å². The summed E-state index contributed by atoms with van der Waals surface area (Å²) in [6.07, 6.45) is 0. The van der Waals surface area contributed by atoms with Crippen LogP contribution in [0.5, 0.6) is 0 Å². The third kappa shape index (κ3) is 2.29. The quantitative estimate of drug-likeness (QED) is 0.791. The summed E-state index contributed by atoms with van der Waals surface area (Å²) in [6.45, 7) is 0.627. The van der Waals surface area contributed by atoms with E-state index in [9.17, 15) is 9.59 Å². The molecule has 0 saturated carbocycles. The minimum Gasteiger partial charge on any atom is -0.364 e. The van der Waals surface area contributed by atoms with E-state index < -0.39 is 0 Å². The van der Waals surface area contributed by atoms with Gasteiger partial charge in [-0.2, -0.15) is 0 Å². The van der Waals surface area contributed by atoms with Crippen LogP contribution in [0.15, 0.2) is 50.2 Å². The molecule has 0 aliphatic carbocycles. The Morgan fingerprint density at radius 2 is 1.73 bits per heavy atom. The number of fused-ring (bicyclic) bond motifs is 1. The number of benzene rings is 1. The fourth-order valence-corrected chi connectivity index (χ4v) is 3.46. The molecule has 1 aromatic heterocycles. The van der Waals surface area contributed by atoms with E-state index in [1.165, 1.54) is 7.05 Å². The van der Waals surface area contributed by atoms with Gasteiger partial charge in [0.1, 0.15) is 5.69 Å². The third-order valence-corrected chi connectivity index (χ3v) is 4.76. The summed E-state index contributed by atoms with van der Waals surface area (Å²) in [7, 11) is 5.10. The maximum Gasteiger partial charge on any atom is 0.331 e. The first-order valence-corrected chi connectivity index (χ1v) is 7.81. The molecule has 2 heterocycles. The van der Waals surface area contributed by atoms with Crippen LogP contribution in [-0.4, -0.2) is 22.7 Å². The van der Waals surface area contributed by atoms with Crippen molar-refractivity contribution >= 4 is 23.0 Å². The molecule has 5 nitrogen and oxygen atoms in total. The van der Waals surface area contributed by atoms with Crippen molar-refractivity contribution in [1.82, 2.24) is 9.13 Å². The molecule has 0 spiro atoms. The van der Waals surface area contributed by atoms with Gasteiger partial charge in [-0.15, -0.1) is 0 Å². The lowest BCUT2D eigenvalue weighted by Crippen LogP contribution is -2.39. The van der Waals surface area contributed by atoms with Gasteiger partial charge in [0.15, 0.2) is 0 Å². The average molecular weight is 315 g/mol. The van der Waals surface area contributed by atoms with Crippen LogP contribution >= 0.6 is 11.8 Å². The number of hydrogen-bond donors (Lipinski definition) is 0. The zero-order chi connectivity index (χ0) is 15.9. The molecule has 2 aromatic rings. The van der Waals surface area contributed by atoms with Gasteiger partial charge in [0.05, 0.1) is 5.69 Å². The first-order valence-electron chi connectivity index (χ1n) is 6.93. The molecule has 0 radical (unpaired) electrons. The summed E-state index contributed by atoms with van der Waals surface area (Å²) in [6, 6.07) is 10.0. The highest BCUT2D eigenvalue weighted by Crippen LogP contribution is 2.33. The molecule has 1 aromatic carbocycles.